The summed E-state index contributed by atoms with van der Waals surface area (Å²) in [5.41, 5.74) is 1.58. The Labute approximate surface area is 122 Å². The maximum atomic E-state index is 11.9. The molecule has 1 aromatic carbocycles. The molecular weight excluding hydrogens is 341 g/mol. The van der Waals surface area contributed by atoms with E-state index in [0.717, 1.165) is 16.5 Å². The molecule has 0 aromatic heterocycles. The van der Waals surface area contributed by atoms with Crippen molar-refractivity contribution in [1.82, 2.24) is 0 Å². The summed E-state index contributed by atoms with van der Waals surface area (Å²) >= 11 is 3.35. The fourth-order valence-corrected chi connectivity index (χ4v) is 2.61. The Morgan fingerprint density at radius 1 is 1.40 bits per heavy atom. The Balaban J connectivity index is 1.95. The molecule has 7 heteroatoms. The van der Waals surface area contributed by atoms with Crippen LogP contribution in [0.15, 0.2) is 16.6 Å². The molecule has 0 spiro atoms. The van der Waals surface area contributed by atoms with Gasteiger partial charge in [-0.2, -0.15) is 13.2 Å². The summed E-state index contributed by atoms with van der Waals surface area (Å²) in [7, 11) is 0. The van der Waals surface area contributed by atoms with E-state index in [4.69, 9.17) is 4.74 Å². The maximum Gasteiger partial charge on any atom is 0.411 e. The van der Waals surface area contributed by atoms with E-state index in [1.165, 1.54) is 0 Å². The molecule has 0 aliphatic carbocycles. The highest BCUT2D eigenvalue weighted by Gasteiger charge is 2.28. The molecular formula is C13H14BrF3O3. The van der Waals surface area contributed by atoms with Gasteiger partial charge in [-0.3, -0.25) is 0 Å². The minimum atomic E-state index is -4.34. The minimum Gasteiger partial charge on any atom is -0.493 e. The molecule has 1 aromatic rings. The third-order valence-electron chi connectivity index (χ3n) is 2.94. The van der Waals surface area contributed by atoms with Gasteiger partial charge in [0.15, 0.2) is 0 Å². The lowest BCUT2D eigenvalue weighted by Crippen LogP contribution is -2.18. The van der Waals surface area contributed by atoms with Gasteiger partial charge in [0.25, 0.3) is 0 Å². The lowest BCUT2D eigenvalue weighted by atomic mass is 10.0. The fourth-order valence-electron chi connectivity index (χ4n) is 2.08. The number of benzene rings is 1. The second-order valence-corrected chi connectivity index (χ2v) is 5.47. The first-order valence-electron chi connectivity index (χ1n) is 6.14. The number of ether oxygens (including phenoxy) is 2. The van der Waals surface area contributed by atoms with E-state index < -0.39 is 18.9 Å². The first-order chi connectivity index (χ1) is 9.37. The van der Waals surface area contributed by atoms with Gasteiger partial charge in [-0.1, -0.05) is 15.9 Å². The molecule has 1 unspecified atom stereocenters. The van der Waals surface area contributed by atoms with E-state index >= 15 is 0 Å². The van der Waals surface area contributed by atoms with Crippen molar-refractivity contribution in [3.63, 3.8) is 0 Å². The zero-order chi connectivity index (χ0) is 14.8. The Morgan fingerprint density at radius 2 is 2.15 bits per heavy atom. The number of aliphatic hydroxyl groups excluding tert-OH is 1. The average molecular weight is 355 g/mol. The van der Waals surface area contributed by atoms with Crippen LogP contribution in [0, 0.1) is 0 Å². The van der Waals surface area contributed by atoms with Crippen LogP contribution in [0.2, 0.25) is 0 Å². The SMILES string of the molecule is OC(CCOCC(F)(F)F)c1cc(Br)cc2c1OCC2. The van der Waals surface area contributed by atoms with Gasteiger partial charge in [0.2, 0.25) is 0 Å². The van der Waals surface area contributed by atoms with Crippen molar-refractivity contribution in [2.75, 3.05) is 19.8 Å². The molecule has 1 aliphatic rings. The molecule has 0 bridgehead atoms. The van der Waals surface area contributed by atoms with Crippen LogP contribution in [-0.4, -0.2) is 31.1 Å². The summed E-state index contributed by atoms with van der Waals surface area (Å²) in [5, 5.41) is 10.1. The molecule has 1 heterocycles. The molecule has 20 heavy (non-hydrogen) atoms. The molecule has 0 radical (unpaired) electrons. The molecule has 0 fully saturated rings. The van der Waals surface area contributed by atoms with Crippen molar-refractivity contribution < 1.29 is 27.8 Å². The van der Waals surface area contributed by atoms with Crippen LogP contribution in [0.3, 0.4) is 0 Å². The van der Waals surface area contributed by atoms with Crippen molar-refractivity contribution in [3.05, 3.63) is 27.7 Å². The summed E-state index contributed by atoms with van der Waals surface area (Å²) < 4.78 is 46.5. The van der Waals surface area contributed by atoms with E-state index in [1.807, 2.05) is 6.07 Å². The lowest BCUT2D eigenvalue weighted by molar-refractivity contribution is -0.175. The number of aliphatic hydroxyl groups is 1. The molecule has 3 nitrogen and oxygen atoms in total. The van der Waals surface area contributed by atoms with E-state index in [2.05, 4.69) is 20.7 Å². The Morgan fingerprint density at radius 3 is 2.85 bits per heavy atom. The predicted molar refractivity (Wildman–Crippen MR) is 69.8 cm³/mol. The summed E-state index contributed by atoms with van der Waals surface area (Å²) in [6, 6.07) is 3.64. The highest BCUT2D eigenvalue weighted by Crippen LogP contribution is 2.37. The molecule has 0 saturated heterocycles. The van der Waals surface area contributed by atoms with Gasteiger partial charge in [-0.05, 0) is 17.7 Å². The number of hydrogen-bond donors (Lipinski definition) is 1. The van der Waals surface area contributed by atoms with Gasteiger partial charge in [0.1, 0.15) is 12.4 Å². The molecule has 1 N–H and O–H groups in total. The van der Waals surface area contributed by atoms with Crippen LogP contribution in [0.1, 0.15) is 23.7 Å². The highest BCUT2D eigenvalue weighted by molar-refractivity contribution is 9.10. The molecule has 1 atom stereocenters. The Kier molecular flexibility index (Phi) is 4.93. The van der Waals surface area contributed by atoms with Crippen LogP contribution in [-0.2, 0) is 11.2 Å². The monoisotopic (exact) mass is 354 g/mol. The first kappa shape index (κ1) is 15.6. The largest absolute Gasteiger partial charge is 0.493 e. The Bertz CT molecular complexity index is 477. The topological polar surface area (TPSA) is 38.7 Å². The number of hydrogen-bond acceptors (Lipinski definition) is 3. The number of alkyl halides is 3. The van der Waals surface area contributed by atoms with E-state index in [9.17, 15) is 18.3 Å². The molecule has 1 aliphatic heterocycles. The van der Waals surface area contributed by atoms with Crippen LogP contribution < -0.4 is 4.74 Å². The van der Waals surface area contributed by atoms with Crippen LogP contribution in [0.25, 0.3) is 0 Å². The van der Waals surface area contributed by atoms with E-state index in [0.29, 0.717) is 17.9 Å². The van der Waals surface area contributed by atoms with E-state index in [-0.39, 0.29) is 13.0 Å². The molecule has 0 amide bonds. The first-order valence-corrected chi connectivity index (χ1v) is 6.94. The second kappa shape index (κ2) is 6.32. The summed E-state index contributed by atoms with van der Waals surface area (Å²) in [6.45, 7) is -0.912. The molecule has 2 rings (SSSR count). The summed E-state index contributed by atoms with van der Waals surface area (Å²) in [4.78, 5) is 0. The van der Waals surface area contributed by atoms with E-state index in [1.54, 1.807) is 6.07 Å². The van der Waals surface area contributed by atoms with Crippen LogP contribution in [0.5, 0.6) is 5.75 Å². The van der Waals surface area contributed by atoms with Gasteiger partial charge in [-0.15, -0.1) is 0 Å². The minimum absolute atomic E-state index is 0.0856. The summed E-state index contributed by atoms with van der Waals surface area (Å²) in [5.74, 6) is 0.636. The van der Waals surface area contributed by atoms with Gasteiger partial charge < -0.3 is 14.6 Å². The number of halogens is 4. The van der Waals surface area contributed by atoms with Crippen LogP contribution in [0.4, 0.5) is 13.2 Å². The van der Waals surface area contributed by atoms with Crippen molar-refractivity contribution in [2.24, 2.45) is 0 Å². The third kappa shape index (κ3) is 4.10. The average Bonchev–Trinajstić information content (AvgIpc) is 2.80. The predicted octanol–water partition coefficient (Wildman–Crippen LogP) is 3.39. The second-order valence-electron chi connectivity index (χ2n) is 4.55. The van der Waals surface area contributed by atoms with Gasteiger partial charge in [0, 0.05) is 29.5 Å². The maximum absolute atomic E-state index is 11.9. The van der Waals surface area contributed by atoms with Crippen molar-refractivity contribution in [1.29, 1.82) is 0 Å². The zero-order valence-electron chi connectivity index (χ0n) is 10.5. The lowest BCUT2D eigenvalue weighted by Gasteiger charge is -2.15. The standard InChI is InChI=1S/C13H14BrF3O3/c14-9-5-8-1-4-20-12(8)10(6-9)11(18)2-3-19-7-13(15,16)17/h5-6,11,18H,1-4,7H2. The molecule has 0 saturated carbocycles. The zero-order valence-corrected chi connectivity index (χ0v) is 12.1. The van der Waals surface area contributed by atoms with Gasteiger partial charge in [-0.25, -0.2) is 0 Å². The Hall–Kier alpha value is -0.790. The third-order valence-corrected chi connectivity index (χ3v) is 3.40. The smallest absolute Gasteiger partial charge is 0.411 e. The summed E-state index contributed by atoms with van der Waals surface area (Å²) in [6.07, 6.45) is -4.40. The highest BCUT2D eigenvalue weighted by atomic mass is 79.9. The quantitative estimate of drug-likeness (QED) is 0.823. The van der Waals surface area contributed by atoms with Crippen LogP contribution >= 0.6 is 15.9 Å². The van der Waals surface area contributed by atoms with Crippen molar-refractivity contribution in [2.45, 2.75) is 25.1 Å². The van der Waals surface area contributed by atoms with Crippen molar-refractivity contribution >= 4 is 15.9 Å². The van der Waals surface area contributed by atoms with Crippen molar-refractivity contribution in [3.8, 4) is 5.75 Å². The molecule has 112 valence electrons. The van der Waals surface area contributed by atoms with Gasteiger partial charge in [0.05, 0.1) is 12.7 Å². The van der Waals surface area contributed by atoms with Gasteiger partial charge >= 0.3 is 6.18 Å². The normalized spacial score (nSPS) is 15.8. The number of fused-ring (bicyclic) bond motifs is 1. The number of rotatable bonds is 5. The fraction of sp³-hybridized carbons (Fsp3) is 0.538.